The van der Waals surface area contributed by atoms with E-state index in [2.05, 4.69) is 0 Å². The maximum atomic E-state index is 11.0. The van der Waals surface area contributed by atoms with Gasteiger partial charge in [-0.25, -0.2) is 0 Å². The van der Waals surface area contributed by atoms with Crippen LogP contribution in [0.2, 0.25) is 0 Å². The van der Waals surface area contributed by atoms with Crippen molar-refractivity contribution in [2.75, 3.05) is 12.3 Å². The Morgan fingerprint density at radius 3 is 2.36 bits per heavy atom. The first-order valence-corrected chi connectivity index (χ1v) is 5.45. The van der Waals surface area contributed by atoms with E-state index in [1.807, 2.05) is 0 Å². The molecule has 0 rings (SSSR count). The molecule has 5 heteroatoms. The number of rotatable bonds is 4. The smallest absolute Gasteiger partial charge is 0.306 e. The Morgan fingerprint density at radius 1 is 1.64 bits per heavy atom. The molecule has 0 aliphatic heterocycles. The number of carbonyl (C=O) groups is 1. The summed E-state index contributed by atoms with van der Waals surface area (Å²) in [5.74, 6) is -1.75. The fraction of sp³-hybridized carbons (Fsp3) is 0.833. The number of carboxylic acids is 1. The highest BCUT2D eigenvalue weighted by atomic mass is 31.2. The highest BCUT2D eigenvalue weighted by Crippen LogP contribution is 2.41. The van der Waals surface area contributed by atoms with Crippen LogP contribution in [0.25, 0.3) is 0 Å². The molecule has 0 spiro atoms. The van der Waals surface area contributed by atoms with Gasteiger partial charge in [-0.3, -0.25) is 9.36 Å². The minimum absolute atomic E-state index is 0.126. The molecule has 0 saturated carbocycles. The van der Waals surface area contributed by atoms with Crippen molar-refractivity contribution < 1.29 is 19.4 Å². The molecule has 4 nitrogen and oxygen atoms in total. The number of aliphatic carboxylic acids is 1. The van der Waals surface area contributed by atoms with Gasteiger partial charge in [0.1, 0.15) is 0 Å². The van der Waals surface area contributed by atoms with E-state index < -0.39 is 19.3 Å². The van der Waals surface area contributed by atoms with Crippen molar-refractivity contribution in [3.8, 4) is 0 Å². The SMILES string of the molecule is CCP(=O)(O)C[C@H](C)C(=O)O. The highest BCUT2D eigenvalue weighted by molar-refractivity contribution is 7.58. The largest absolute Gasteiger partial charge is 0.481 e. The molecule has 0 heterocycles. The Balaban J connectivity index is 4.04. The second-order valence-corrected chi connectivity index (χ2v) is 5.27. The summed E-state index contributed by atoms with van der Waals surface area (Å²) >= 11 is 0. The van der Waals surface area contributed by atoms with Gasteiger partial charge in [0.2, 0.25) is 7.37 Å². The molecule has 2 atom stereocenters. The molecule has 66 valence electrons. The van der Waals surface area contributed by atoms with Gasteiger partial charge in [-0.05, 0) is 0 Å². The molecule has 0 aromatic carbocycles. The monoisotopic (exact) mass is 180 g/mol. The summed E-state index contributed by atoms with van der Waals surface area (Å²) in [6, 6.07) is 0. The molecule has 2 N–H and O–H groups in total. The normalized spacial score (nSPS) is 18.8. The van der Waals surface area contributed by atoms with Gasteiger partial charge >= 0.3 is 5.97 Å². The minimum Gasteiger partial charge on any atom is -0.481 e. The first kappa shape index (κ1) is 10.7. The van der Waals surface area contributed by atoms with Crippen molar-refractivity contribution in [1.82, 2.24) is 0 Å². The van der Waals surface area contributed by atoms with Gasteiger partial charge in [-0.1, -0.05) is 13.8 Å². The van der Waals surface area contributed by atoms with Gasteiger partial charge in [-0.15, -0.1) is 0 Å². The lowest BCUT2D eigenvalue weighted by atomic mass is 10.2. The van der Waals surface area contributed by atoms with E-state index in [1.165, 1.54) is 6.92 Å². The summed E-state index contributed by atoms with van der Waals surface area (Å²) < 4.78 is 11.0. The maximum Gasteiger partial charge on any atom is 0.306 e. The summed E-state index contributed by atoms with van der Waals surface area (Å²) in [6.07, 6.45) is 0.0173. The van der Waals surface area contributed by atoms with Crippen LogP contribution in [0, 0.1) is 5.92 Å². The number of hydrogen-bond acceptors (Lipinski definition) is 2. The highest BCUT2D eigenvalue weighted by Gasteiger charge is 2.23. The quantitative estimate of drug-likeness (QED) is 0.633. The van der Waals surface area contributed by atoms with Gasteiger partial charge in [0.05, 0.1) is 5.92 Å². The minimum atomic E-state index is -3.16. The van der Waals surface area contributed by atoms with Crippen LogP contribution in [-0.2, 0) is 9.36 Å². The van der Waals surface area contributed by atoms with E-state index >= 15 is 0 Å². The van der Waals surface area contributed by atoms with Crippen molar-refractivity contribution in [2.24, 2.45) is 5.92 Å². The third-order valence-corrected chi connectivity index (χ3v) is 3.58. The van der Waals surface area contributed by atoms with Crippen LogP contribution >= 0.6 is 7.37 Å². The Kier molecular flexibility index (Phi) is 3.76. The molecule has 11 heavy (non-hydrogen) atoms. The molecule has 0 aromatic heterocycles. The fourth-order valence-electron chi connectivity index (χ4n) is 0.635. The summed E-state index contributed by atoms with van der Waals surface area (Å²) in [5.41, 5.74) is 0. The van der Waals surface area contributed by atoms with Crippen LogP contribution in [0.1, 0.15) is 13.8 Å². The molecule has 0 amide bonds. The van der Waals surface area contributed by atoms with Crippen molar-refractivity contribution in [3.05, 3.63) is 0 Å². The lowest BCUT2D eigenvalue weighted by Gasteiger charge is -2.10. The summed E-state index contributed by atoms with van der Waals surface area (Å²) in [6.45, 7) is 3.01. The van der Waals surface area contributed by atoms with E-state index in [-0.39, 0.29) is 12.3 Å². The second kappa shape index (κ2) is 3.88. The van der Waals surface area contributed by atoms with Gasteiger partial charge < -0.3 is 10.00 Å². The molecule has 0 aliphatic carbocycles. The average molecular weight is 180 g/mol. The van der Waals surface area contributed by atoms with Crippen LogP contribution in [0.4, 0.5) is 0 Å². The van der Waals surface area contributed by atoms with Gasteiger partial charge in [0.15, 0.2) is 0 Å². The molecule has 0 radical (unpaired) electrons. The van der Waals surface area contributed by atoms with Crippen molar-refractivity contribution in [2.45, 2.75) is 13.8 Å². The number of hydrogen-bond donors (Lipinski definition) is 2. The molecule has 0 saturated heterocycles. The molecule has 0 fully saturated rings. The van der Waals surface area contributed by atoms with Crippen LogP contribution in [0.3, 0.4) is 0 Å². The zero-order chi connectivity index (χ0) is 9.07. The van der Waals surface area contributed by atoms with E-state index in [9.17, 15) is 9.36 Å². The first-order valence-electron chi connectivity index (χ1n) is 3.42. The Hall–Kier alpha value is -0.340. The van der Waals surface area contributed by atoms with E-state index in [1.54, 1.807) is 6.92 Å². The third kappa shape index (κ3) is 4.17. The summed E-state index contributed by atoms with van der Waals surface area (Å²) in [4.78, 5) is 19.3. The molecule has 1 unspecified atom stereocenters. The fourth-order valence-corrected chi connectivity index (χ4v) is 1.91. The van der Waals surface area contributed by atoms with Gasteiger partial charge in [-0.2, -0.15) is 0 Å². The van der Waals surface area contributed by atoms with E-state index in [0.29, 0.717) is 0 Å². The van der Waals surface area contributed by atoms with Crippen molar-refractivity contribution in [1.29, 1.82) is 0 Å². The number of carboxylic acid groups (broad SMARTS) is 1. The van der Waals surface area contributed by atoms with Gasteiger partial charge in [0, 0.05) is 12.3 Å². The van der Waals surface area contributed by atoms with Crippen LogP contribution in [-0.4, -0.2) is 28.3 Å². The van der Waals surface area contributed by atoms with Gasteiger partial charge in [0.25, 0.3) is 0 Å². The summed E-state index contributed by atoms with van der Waals surface area (Å²) in [7, 11) is -3.16. The molecule has 0 bridgehead atoms. The molecule has 0 aliphatic rings. The molecular formula is C6H13O4P. The average Bonchev–Trinajstić information content (AvgIpc) is 1.87. The zero-order valence-electron chi connectivity index (χ0n) is 6.65. The summed E-state index contributed by atoms with van der Waals surface area (Å²) in [5, 5.41) is 8.41. The van der Waals surface area contributed by atoms with Crippen LogP contribution in [0.5, 0.6) is 0 Å². The van der Waals surface area contributed by atoms with E-state index in [4.69, 9.17) is 10.00 Å². The van der Waals surface area contributed by atoms with E-state index in [0.717, 1.165) is 0 Å². The lowest BCUT2D eigenvalue weighted by molar-refractivity contribution is -0.140. The topological polar surface area (TPSA) is 74.6 Å². The Labute approximate surface area is 65.7 Å². The van der Waals surface area contributed by atoms with Crippen molar-refractivity contribution >= 4 is 13.3 Å². The lowest BCUT2D eigenvalue weighted by Crippen LogP contribution is -2.14. The Morgan fingerprint density at radius 2 is 2.09 bits per heavy atom. The predicted molar refractivity (Wildman–Crippen MR) is 42.0 cm³/mol. The molecule has 0 aromatic rings. The maximum absolute atomic E-state index is 11.0. The van der Waals surface area contributed by atoms with Crippen molar-refractivity contribution in [3.63, 3.8) is 0 Å². The standard InChI is InChI=1S/C6H13O4P/c1-3-11(9,10)4-5(2)6(7)8/h5H,3-4H2,1-2H3,(H,7,8)(H,9,10)/t5-/m0/s1. The first-order chi connectivity index (χ1) is 4.89. The Bertz CT molecular complexity index is 189. The predicted octanol–water partition coefficient (Wildman–Crippen LogP) is 0.997. The third-order valence-electron chi connectivity index (χ3n) is 1.47. The van der Waals surface area contributed by atoms with Crippen LogP contribution < -0.4 is 0 Å². The molecular weight excluding hydrogens is 167 g/mol. The zero-order valence-corrected chi connectivity index (χ0v) is 7.54. The van der Waals surface area contributed by atoms with Crippen LogP contribution in [0.15, 0.2) is 0 Å². The second-order valence-electron chi connectivity index (χ2n) is 2.58.